The number of morpholine rings is 1. The minimum Gasteiger partial charge on any atom is -0.365 e. The number of ether oxygens (including phenoxy) is 1. The number of carbonyl (C=O) groups is 2. The summed E-state index contributed by atoms with van der Waals surface area (Å²) < 4.78 is 5.36. The smallest absolute Gasteiger partial charge is 0.267 e. The van der Waals surface area contributed by atoms with Gasteiger partial charge < -0.3 is 19.9 Å². The Balaban J connectivity index is 1.82. The summed E-state index contributed by atoms with van der Waals surface area (Å²) in [7, 11) is 1.73. The predicted molar refractivity (Wildman–Crippen MR) is 69.9 cm³/mol. The number of rotatable bonds is 4. The first-order chi connectivity index (χ1) is 9.10. The van der Waals surface area contributed by atoms with Crippen LogP contribution >= 0.6 is 0 Å². The van der Waals surface area contributed by atoms with Gasteiger partial charge in [-0.05, 0) is 18.6 Å². The van der Waals surface area contributed by atoms with E-state index >= 15 is 0 Å². The van der Waals surface area contributed by atoms with Gasteiger partial charge in [0.05, 0.1) is 6.10 Å². The van der Waals surface area contributed by atoms with Gasteiger partial charge in [-0.1, -0.05) is 6.92 Å². The van der Waals surface area contributed by atoms with Crippen molar-refractivity contribution in [3.8, 4) is 0 Å². The van der Waals surface area contributed by atoms with Crippen molar-refractivity contribution in [1.29, 1.82) is 0 Å². The number of H-pyrrole nitrogens is 1. The fourth-order valence-electron chi connectivity index (χ4n) is 1.96. The maximum absolute atomic E-state index is 11.9. The molecule has 19 heavy (non-hydrogen) atoms. The molecule has 0 aromatic carbocycles. The molecule has 0 unspecified atom stereocenters. The van der Waals surface area contributed by atoms with E-state index in [0.29, 0.717) is 18.8 Å². The van der Waals surface area contributed by atoms with Gasteiger partial charge >= 0.3 is 0 Å². The van der Waals surface area contributed by atoms with E-state index in [1.165, 1.54) is 0 Å². The highest BCUT2D eigenvalue weighted by Crippen LogP contribution is 2.05. The molecule has 2 heterocycles. The molecule has 1 aromatic heterocycles. The first kappa shape index (κ1) is 13.6. The van der Waals surface area contributed by atoms with Crippen LogP contribution in [-0.2, 0) is 16.0 Å². The van der Waals surface area contributed by atoms with Gasteiger partial charge in [0.15, 0.2) is 0 Å². The zero-order valence-corrected chi connectivity index (χ0v) is 11.2. The third-order valence-electron chi connectivity index (χ3n) is 3.21. The van der Waals surface area contributed by atoms with Crippen LogP contribution in [0.3, 0.4) is 0 Å². The minimum atomic E-state index is -0.150. The molecule has 2 N–H and O–H groups in total. The molecule has 1 aromatic rings. The monoisotopic (exact) mass is 265 g/mol. The molecule has 104 valence electrons. The van der Waals surface area contributed by atoms with Crippen molar-refractivity contribution >= 4 is 11.8 Å². The maximum atomic E-state index is 11.9. The van der Waals surface area contributed by atoms with Crippen LogP contribution in [0.25, 0.3) is 0 Å². The van der Waals surface area contributed by atoms with Gasteiger partial charge in [-0.15, -0.1) is 0 Å². The third kappa shape index (κ3) is 3.35. The van der Waals surface area contributed by atoms with Crippen molar-refractivity contribution in [2.45, 2.75) is 19.4 Å². The molecular weight excluding hydrogens is 246 g/mol. The molecule has 1 atom stereocenters. The first-order valence-electron chi connectivity index (χ1n) is 6.41. The number of hydrogen-bond donors (Lipinski definition) is 2. The Bertz CT molecular complexity index is 469. The highest BCUT2D eigenvalue weighted by molar-refractivity contribution is 5.92. The number of carbonyl (C=O) groups excluding carboxylic acids is 2. The lowest BCUT2D eigenvalue weighted by Gasteiger charge is -2.29. The van der Waals surface area contributed by atoms with E-state index in [2.05, 4.69) is 10.3 Å². The zero-order valence-electron chi connectivity index (χ0n) is 11.2. The molecule has 0 bridgehead atoms. The number of nitrogens with zero attached hydrogens (tertiary/aromatic N) is 1. The minimum absolute atomic E-state index is 0.0282. The molecule has 0 spiro atoms. The Hall–Kier alpha value is -1.82. The second-order valence-corrected chi connectivity index (χ2v) is 4.67. The quantitative estimate of drug-likeness (QED) is 0.814. The fourth-order valence-corrected chi connectivity index (χ4v) is 1.96. The van der Waals surface area contributed by atoms with Gasteiger partial charge in [-0.3, -0.25) is 9.59 Å². The first-order valence-corrected chi connectivity index (χ1v) is 6.41. The number of likely N-dealkylation sites (N-methyl/N-ethyl adjacent to an activating group) is 1. The van der Waals surface area contributed by atoms with Crippen LogP contribution in [-0.4, -0.2) is 54.5 Å². The van der Waals surface area contributed by atoms with Crippen LogP contribution < -0.4 is 5.32 Å². The summed E-state index contributed by atoms with van der Waals surface area (Å²) in [5.74, 6) is -0.178. The molecule has 6 heteroatoms. The Kier molecular flexibility index (Phi) is 4.21. The molecule has 0 saturated carbocycles. The Labute approximate surface area is 112 Å². The van der Waals surface area contributed by atoms with E-state index < -0.39 is 0 Å². The number of hydrogen-bond acceptors (Lipinski definition) is 3. The van der Waals surface area contributed by atoms with Gasteiger partial charge in [-0.25, -0.2) is 0 Å². The van der Waals surface area contributed by atoms with E-state index in [-0.39, 0.29) is 24.5 Å². The largest absolute Gasteiger partial charge is 0.365 e. The fraction of sp³-hybridized carbons (Fsp3) is 0.538. The molecule has 1 saturated heterocycles. The SMILES string of the molecule is CCc1ccc(C(=O)NC[C@H]2CN(C)C(=O)CO2)[nH]1. The average molecular weight is 265 g/mol. The maximum Gasteiger partial charge on any atom is 0.267 e. The molecule has 0 aliphatic carbocycles. The Morgan fingerprint density at radius 2 is 2.37 bits per heavy atom. The average Bonchev–Trinajstić information content (AvgIpc) is 2.88. The summed E-state index contributed by atoms with van der Waals surface area (Å²) in [6.07, 6.45) is 0.721. The van der Waals surface area contributed by atoms with Crippen molar-refractivity contribution < 1.29 is 14.3 Å². The molecular formula is C13H19N3O3. The molecule has 0 radical (unpaired) electrons. The Morgan fingerprint density at radius 3 is 3.00 bits per heavy atom. The van der Waals surface area contributed by atoms with Crippen molar-refractivity contribution in [3.05, 3.63) is 23.5 Å². The van der Waals surface area contributed by atoms with E-state index in [1.54, 1.807) is 18.0 Å². The standard InChI is InChI=1S/C13H19N3O3/c1-3-9-4-5-11(15-9)13(18)14-6-10-7-16(2)12(17)8-19-10/h4-5,10,15H,3,6-8H2,1-2H3,(H,14,18)/t10-/m0/s1. The summed E-state index contributed by atoms with van der Waals surface area (Å²) in [6, 6.07) is 3.67. The van der Waals surface area contributed by atoms with Crippen molar-refractivity contribution in [3.63, 3.8) is 0 Å². The summed E-state index contributed by atoms with van der Waals surface area (Å²) in [5, 5.41) is 2.81. The molecule has 1 fully saturated rings. The Morgan fingerprint density at radius 1 is 1.58 bits per heavy atom. The lowest BCUT2D eigenvalue weighted by atomic mass is 10.2. The van der Waals surface area contributed by atoms with Crippen molar-refractivity contribution in [2.24, 2.45) is 0 Å². The molecule has 2 amide bonds. The summed E-state index contributed by atoms with van der Waals surface area (Å²) in [4.78, 5) is 27.8. The molecule has 6 nitrogen and oxygen atoms in total. The predicted octanol–water partition coefficient (Wildman–Crippen LogP) is 0.164. The lowest BCUT2D eigenvalue weighted by Crippen LogP contribution is -2.48. The van der Waals surface area contributed by atoms with Crippen LogP contribution in [0.4, 0.5) is 0 Å². The van der Waals surface area contributed by atoms with E-state index in [4.69, 9.17) is 4.74 Å². The van der Waals surface area contributed by atoms with Gasteiger partial charge in [-0.2, -0.15) is 0 Å². The number of aromatic nitrogens is 1. The molecule has 2 rings (SSSR count). The van der Waals surface area contributed by atoms with Crippen molar-refractivity contribution in [2.75, 3.05) is 26.7 Å². The van der Waals surface area contributed by atoms with Crippen LogP contribution in [0.5, 0.6) is 0 Å². The second kappa shape index (κ2) is 5.88. The summed E-state index contributed by atoms with van der Waals surface area (Å²) in [5.41, 5.74) is 1.58. The van der Waals surface area contributed by atoms with Gasteiger partial charge in [0.25, 0.3) is 5.91 Å². The molecule has 1 aliphatic rings. The summed E-state index contributed by atoms with van der Waals surface area (Å²) in [6.45, 7) is 3.01. The molecule has 1 aliphatic heterocycles. The number of aryl methyl sites for hydroxylation is 1. The topological polar surface area (TPSA) is 74.4 Å². The second-order valence-electron chi connectivity index (χ2n) is 4.67. The number of nitrogens with one attached hydrogen (secondary N) is 2. The van der Waals surface area contributed by atoms with Gasteiger partial charge in [0, 0.05) is 25.8 Å². The number of aromatic amines is 1. The number of amides is 2. The van der Waals surface area contributed by atoms with Crippen LogP contribution in [0.2, 0.25) is 0 Å². The van der Waals surface area contributed by atoms with E-state index in [9.17, 15) is 9.59 Å². The third-order valence-corrected chi connectivity index (χ3v) is 3.21. The highest BCUT2D eigenvalue weighted by Gasteiger charge is 2.23. The van der Waals surface area contributed by atoms with Crippen molar-refractivity contribution in [1.82, 2.24) is 15.2 Å². The zero-order chi connectivity index (χ0) is 13.8. The van der Waals surface area contributed by atoms with Gasteiger partial charge in [0.1, 0.15) is 12.3 Å². The van der Waals surface area contributed by atoms with E-state index in [1.807, 2.05) is 13.0 Å². The highest BCUT2D eigenvalue weighted by atomic mass is 16.5. The summed E-state index contributed by atoms with van der Waals surface area (Å²) >= 11 is 0. The van der Waals surface area contributed by atoms with Crippen LogP contribution in [0.15, 0.2) is 12.1 Å². The van der Waals surface area contributed by atoms with E-state index in [0.717, 1.165) is 12.1 Å². The normalized spacial score (nSPS) is 19.6. The van der Waals surface area contributed by atoms with Crippen LogP contribution in [0.1, 0.15) is 23.1 Å². The van der Waals surface area contributed by atoms with Crippen LogP contribution in [0, 0.1) is 0 Å². The van der Waals surface area contributed by atoms with Gasteiger partial charge in [0.2, 0.25) is 5.91 Å². The lowest BCUT2D eigenvalue weighted by molar-refractivity contribution is -0.146.